The fourth-order valence-corrected chi connectivity index (χ4v) is 3.06. The summed E-state index contributed by atoms with van der Waals surface area (Å²) in [6, 6.07) is 2.71. The zero-order valence-corrected chi connectivity index (χ0v) is 13.2. The van der Waals surface area contributed by atoms with Crippen molar-refractivity contribution in [1.29, 1.82) is 0 Å². The first-order valence-electron chi connectivity index (χ1n) is 5.99. The van der Waals surface area contributed by atoms with Crippen LogP contribution in [-0.4, -0.2) is 24.6 Å². The molecule has 0 aliphatic carbocycles. The molecule has 0 aliphatic rings. The van der Waals surface area contributed by atoms with E-state index in [1.165, 1.54) is 12.1 Å². The van der Waals surface area contributed by atoms with Crippen molar-refractivity contribution in [2.45, 2.75) is 17.9 Å². The van der Waals surface area contributed by atoms with Gasteiger partial charge >= 0.3 is 0 Å². The molecule has 6 nitrogen and oxygen atoms in total. The molecule has 9 heteroatoms. The van der Waals surface area contributed by atoms with E-state index in [2.05, 4.69) is 4.98 Å². The van der Waals surface area contributed by atoms with E-state index in [0.29, 0.717) is 12.4 Å². The first-order valence-corrected chi connectivity index (χ1v) is 8.29. The van der Waals surface area contributed by atoms with Crippen molar-refractivity contribution in [2.24, 2.45) is 5.14 Å². The summed E-state index contributed by atoms with van der Waals surface area (Å²) in [5, 5.41) is 4.93. The van der Waals surface area contributed by atoms with Crippen molar-refractivity contribution in [2.75, 3.05) is 6.61 Å². The lowest BCUT2D eigenvalue weighted by atomic mass is 10.3. The lowest BCUT2D eigenvalue weighted by Gasteiger charge is -2.11. The Balaban J connectivity index is 1.99. The van der Waals surface area contributed by atoms with E-state index < -0.39 is 10.0 Å². The number of sulfonamides is 1. The van der Waals surface area contributed by atoms with Crippen LogP contribution in [0.2, 0.25) is 10.0 Å². The van der Waals surface area contributed by atoms with Crippen molar-refractivity contribution >= 4 is 33.2 Å². The Morgan fingerprint density at radius 2 is 2.05 bits per heavy atom. The van der Waals surface area contributed by atoms with Crippen LogP contribution in [0.25, 0.3) is 0 Å². The number of ether oxygens (including phenoxy) is 1. The third kappa shape index (κ3) is 4.10. The lowest BCUT2D eigenvalue weighted by Crippen LogP contribution is -2.13. The Hall–Kier alpha value is -1.28. The van der Waals surface area contributed by atoms with Crippen LogP contribution < -0.4 is 9.88 Å². The zero-order valence-electron chi connectivity index (χ0n) is 10.9. The molecule has 0 saturated carbocycles. The maximum absolute atomic E-state index is 11.3. The number of aryl methyl sites for hydroxylation is 1. The van der Waals surface area contributed by atoms with Crippen LogP contribution in [-0.2, 0) is 16.6 Å². The fraction of sp³-hybridized carbons (Fsp3) is 0.250. The molecule has 0 radical (unpaired) electrons. The van der Waals surface area contributed by atoms with Crippen LogP contribution in [0, 0.1) is 0 Å². The topological polar surface area (TPSA) is 87.2 Å². The van der Waals surface area contributed by atoms with Gasteiger partial charge in [-0.3, -0.25) is 0 Å². The molecule has 0 aliphatic heterocycles. The molecule has 2 N–H and O–H groups in total. The standard InChI is InChI=1S/C12H13Cl2N3O3S/c13-11-9(2-3-10(12(11)14)21(15,18)19)20-7-1-5-17-6-4-16-8-17/h2-4,6,8H,1,5,7H2,(H2,15,18,19). The quantitative estimate of drug-likeness (QED) is 0.810. The number of benzene rings is 1. The number of aromatic nitrogens is 2. The Kier molecular flexibility index (Phi) is 5.10. The van der Waals surface area contributed by atoms with E-state index in [4.69, 9.17) is 33.1 Å². The second-order valence-corrected chi connectivity index (χ2v) is 6.52. The highest BCUT2D eigenvalue weighted by Gasteiger charge is 2.18. The SMILES string of the molecule is NS(=O)(=O)c1ccc(OCCCn2ccnc2)c(Cl)c1Cl. The van der Waals surface area contributed by atoms with Crippen molar-refractivity contribution in [3.8, 4) is 5.75 Å². The lowest BCUT2D eigenvalue weighted by molar-refractivity contribution is 0.302. The normalized spacial score (nSPS) is 11.6. The second-order valence-electron chi connectivity index (χ2n) is 4.24. The minimum Gasteiger partial charge on any atom is -0.492 e. The molecule has 0 saturated heterocycles. The van der Waals surface area contributed by atoms with Crippen LogP contribution in [0.4, 0.5) is 0 Å². The molecule has 1 aromatic carbocycles. The number of hydrogen-bond donors (Lipinski definition) is 1. The van der Waals surface area contributed by atoms with E-state index in [9.17, 15) is 8.42 Å². The molecule has 21 heavy (non-hydrogen) atoms. The summed E-state index contributed by atoms with van der Waals surface area (Å²) >= 11 is 11.9. The van der Waals surface area contributed by atoms with Gasteiger partial charge in [-0.1, -0.05) is 23.2 Å². The van der Waals surface area contributed by atoms with Gasteiger partial charge in [-0.2, -0.15) is 0 Å². The van der Waals surface area contributed by atoms with E-state index in [0.717, 1.165) is 13.0 Å². The van der Waals surface area contributed by atoms with E-state index in [1.54, 1.807) is 12.5 Å². The third-order valence-electron chi connectivity index (χ3n) is 2.70. The van der Waals surface area contributed by atoms with Crippen molar-refractivity contribution in [3.05, 3.63) is 40.9 Å². The molecule has 114 valence electrons. The molecule has 0 unspecified atom stereocenters. The predicted molar refractivity (Wildman–Crippen MR) is 80.2 cm³/mol. The van der Waals surface area contributed by atoms with Gasteiger partial charge in [0.05, 0.1) is 18.0 Å². The largest absolute Gasteiger partial charge is 0.492 e. The number of hydrogen-bond acceptors (Lipinski definition) is 4. The summed E-state index contributed by atoms with van der Waals surface area (Å²) in [6.45, 7) is 1.16. The summed E-state index contributed by atoms with van der Waals surface area (Å²) in [4.78, 5) is 3.71. The van der Waals surface area contributed by atoms with Gasteiger partial charge in [-0.25, -0.2) is 18.5 Å². The smallest absolute Gasteiger partial charge is 0.239 e. The summed E-state index contributed by atoms with van der Waals surface area (Å²) in [5.41, 5.74) is 0. The maximum atomic E-state index is 11.3. The highest BCUT2D eigenvalue weighted by Crippen LogP contribution is 2.36. The minimum atomic E-state index is -3.91. The molecule has 0 fully saturated rings. The number of nitrogens with two attached hydrogens (primary N) is 1. The summed E-state index contributed by atoms with van der Waals surface area (Å²) in [5.74, 6) is 0.319. The Morgan fingerprint density at radius 1 is 1.29 bits per heavy atom. The highest BCUT2D eigenvalue weighted by atomic mass is 35.5. The van der Waals surface area contributed by atoms with Gasteiger partial charge in [0.15, 0.2) is 0 Å². The fourth-order valence-electron chi connectivity index (χ4n) is 1.69. The van der Waals surface area contributed by atoms with Gasteiger partial charge in [-0.15, -0.1) is 0 Å². The van der Waals surface area contributed by atoms with Crippen LogP contribution in [0.3, 0.4) is 0 Å². The molecular weight excluding hydrogens is 337 g/mol. The first-order chi connectivity index (χ1) is 9.89. The van der Waals surface area contributed by atoms with Gasteiger partial charge in [0.2, 0.25) is 10.0 Å². The van der Waals surface area contributed by atoms with E-state index in [-0.39, 0.29) is 14.9 Å². The van der Waals surface area contributed by atoms with Gasteiger partial charge < -0.3 is 9.30 Å². The molecule has 2 rings (SSSR count). The Labute approximate surface area is 132 Å². The Morgan fingerprint density at radius 3 is 2.67 bits per heavy atom. The molecule has 0 atom stereocenters. The molecular formula is C12H13Cl2N3O3S. The minimum absolute atomic E-state index is 0.0332. The van der Waals surface area contributed by atoms with E-state index in [1.807, 2.05) is 10.8 Å². The zero-order chi connectivity index (χ0) is 15.5. The average molecular weight is 350 g/mol. The second kappa shape index (κ2) is 6.65. The summed E-state index contributed by atoms with van der Waals surface area (Å²) < 4.78 is 30.0. The van der Waals surface area contributed by atoms with Gasteiger partial charge in [-0.05, 0) is 18.6 Å². The van der Waals surface area contributed by atoms with Crippen molar-refractivity contribution in [1.82, 2.24) is 9.55 Å². The van der Waals surface area contributed by atoms with Crippen LogP contribution in [0.5, 0.6) is 5.75 Å². The molecule has 1 aromatic heterocycles. The van der Waals surface area contributed by atoms with Gasteiger partial charge in [0.25, 0.3) is 0 Å². The van der Waals surface area contributed by atoms with Crippen LogP contribution in [0.1, 0.15) is 6.42 Å². The molecule has 0 amide bonds. The number of rotatable bonds is 6. The molecule has 0 bridgehead atoms. The van der Waals surface area contributed by atoms with Crippen LogP contribution in [0.15, 0.2) is 35.7 Å². The number of nitrogens with zero attached hydrogens (tertiary/aromatic N) is 2. The average Bonchev–Trinajstić information content (AvgIpc) is 2.91. The Bertz CT molecular complexity index is 718. The third-order valence-corrected chi connectivity index (χ3v) is 4.63. The van der Waals surface area contributed by atoms with E-state index >= 15 is 0 Å². The maximum Gasteiger partial charge on any atom is 0.239 e. The highest BCUT2D eigenvalue weighted by molar-refractivity contribution is 7.89. The molecule has 0 spiro atoms. The number of imidazole rings is 1. The number of halogens is 2. The number of primary sulfonamides is 1. The first kappa shape index (κ1) is 16.1. The summed E-state index contributed by atoms with van der Waals surface area (Å²) in [6.07, 6.45) is 6.00. The monoisotopic (exact) mass is 349 g/mol. The van der Waals surface area contributed by atoms with Crippen molar-refractivity contribution < 1.29 is 13.2 Å². The van der Waals surface area contributed by atoms with Crippen molar-refractivity contribution in [3.63, 3.8) is 0 Å². The van der Waals surface area contributed by atoms with Gasteiger partial charge in [0, 0.05) is 18.9 Å². The van der Waals surface area contributed by atoms with Gasteiger partial charge in [0.1, 0.15) is 15.7 Å². The van der Waals surface area contributed by atoms with Crippen LogP contribution >= 0.6 is 23.2 Å². The molecule has 1 heterocycles. The predicted octanol–water partition coefficient (Wildman–Crippen LogP) is 2.31. The molecule has 2 aromatic rings. The summed E-state index contributed by atoms with van der Waals surface area (Å²) in [7, 11) is -3.91.